The fourth-order valence-electron chi connectivity index (χ4n) is 1.63. The monoisotopic (exact) mass is 175 g/mol. The van der Waals surface area contributed by atoms with E-state index in [2.05, 4.69) is 11.9 Å². The van der Waals surface area contributed by atoms with Crippen LogP contribution in [0.25, 0.3) is 10.9 Å². The maximum Gasteiger partial charge on any atom is 0.142 e. The minimum Gasteiger partial charge on any atom is -0.505 e. The van der Waals surface area contributed by atoms with Crippen LogP contribution in [0.5, 0.6) is 5.75 Å². The smallest absolute Gasteiger partial charge is 0.142 e. The van der Waals surface area contributed by atoms with E-state index in [1.165, 1.54) is 0 Å². The van der Waals surface area contributed by atoms with Crippen LogP contribution in [-0.2, 0) is 6.42 Å². The van der Waals surface area contributed by atoms with E-state index in [4.69, 9.17) is 0 Å². The normalized spacial score (nSPS) is 10.8. The number of phenolic OH excluding ortho intramolecular Hbond substituents is 1. The number of aromatic nitrogens is 1. The van der Waals surface area contributed by atoms with Crippen molar-refractivity contribution in [1.29, 1.82) is 0 Å². The SMILES string of the molecule is CCCc1ccc2cc[nH]c2c1O. The molecule has 2 nitrogen and oxygen atoms in total. The van der Waals surface area contributed by atoms with Gasteiger partial charge in [0.25, 0.3) is 0 Å². The van der Waals surface area contributed by atoms with Gasteiger partial charge in [-0.05, 0) is 18.1 Å². The van der Waals surface area contributed by atoms with E-state index in [-0.39, 0.29) is 0 Å². The van der Waals surface area contributed by atoms with Crippen LogP contribution in [0.3, 0.4) is 0 Å². The number of aromatic amines is 1. The lowest BCUT2D eigenvalue weighted by Gasteiger charge is -2.03. The Bertz CT molecular complexity index is 417. The van der Waals surface area contributed by atoms with E-state index in [9.17, 15) is 5.11 Å². The van der Waals surface area contributed by atoms with Crippen LogP contribution < -0.4 is 0 Å². The highest BCUT2D eigenvalue weighted by molar-refractivity contribution is 5.86. The highest BCUT2D eigenvalue weighted by atomic mass is 16.3. The summed E-state index contributed by atoms with van der Waals surface area (Å²) in [4.78, 5) is 3.04. The Morgan fingerprint density at radius 3 is 2.92 bits per heavy atom. The maximum absolute atomic E-state index is 9.84. The largest absolute Gasteiger partial charge is 0.505 e. The molecule has 13 heavy (non-hydrogen) atoms. The van der Waals surface area contributed by atoms with E-state index in [0.717, 1.165) is 29.3 Å². The Morgan fingerprint density at radius 2 is 2.15 bits per heavy atom. The van der Waals surface area contributed by atoms with Gasteiger partial charge in [-0.2, -0.15) is 0 Å². The Balaban J connectivity index is 2.59. The van der Waals surface area contributed by atoms with E-state index in [0.29, 0.717) is 5.75 Å². The summed E-state index contributed by atoms with van der Waals surface area (Å²) in [5.41, 5.74) is 1.88. The molecule has 1 aromatic heterocycles. The summed E-state index contributed by atoms with van der Waals surface area (Å²) in [6.45, 7) is 2.11. The molecule has 0 aliphatic carbocycles. The number of phenols is 1. The van der Waals surface area contributed by atoms with Crippen molar-refractivity contribution in [3.63, 3.8) is 0 Å². The van der Waals surface area contributed by atoms with Gasteiger partial charge in [0, 0.05) is 11.6 Å². The van der Waals surface area contributed by atoms with Crippen molar-refractivity contribution in [3.8, 4) is 5.75 Å². The zero-order valence-electron chi connectivity index (χ0n) is 7.67. The number of H-pyrrole nitrogens is 1. The lowest BCUT2D eigenvalue weighted by molar-refractivity contribution is 0.473. The van der Waals surface area contributed by atoms with Gasteiger partial charge in [-0.3, -0.25) is 0 Å². The minimum atomic E-state index is 0.407. The molecule has 0 spiro atoms. The summed E-state index contributed by atoms with van der Waals surface area (Å²) < 4.78 is 0. The molecule has 0 atom stereocenters. The van der Waals surface area contributed by atoms with Gasteiger partial charge in [0.1, 0.15) is 5.75 Å². The Kier molecular flexibility index (Phi) is 1.97. The summed E-state index contributed by atoms with van der Waals surface area (Å²) in [6, 6.07) is 6.00. The van der Waals surface area contributed by atoms with Gasteiger partial charge < -0.3 is 10.1 Å². The lowest BCUT2D eigenvalue weighted by Crippen LogP contribution is -1.84. The van der Waals surface area contributed by atoms with Gasteiger partial charge in [-0.1, -0.05) is 25.5 Å². The number of benzene rings is 1. The molecule has 0 bridgehead atoms. The van der Waals surface area contributed by atoms with Gasteiger partial charge in [0.2, 0.25) is 0 Å². The van der Waals surface area contributed by atoms with Crippen molar-refractivity contribution in [1.82, 2.24) is 4.98 Å². The van der Waals surface area contributed by atoms with Gasteiger partial charge in [0.05, 0.1) is 5.52 Å². The summed E-state index contributed by atoms with van der Waals surface area (Å²) in [6.07, 6.45) is 3.83. The first-order chi connectivity index (χ1) is 6.33. The fraction of sp³-hybridized carbons (Fsp3) is 0.273. The molecule has 1 aromatic carbocycles. The number of hydrogen-bond acceptors (Lipinski definition) is 1. The Morgan fingerprint density at radius 1 is 1.31 bits per heavy atom. The summed E-state index contributed by atoms with van der Waals surface area (Å²) >= 11 is 0. The van der Waals surface area contributed by atoms with Crippen LogP contribution in [0.4, 0.5) is 0 Å². The first-order valence-corrected chi connectivity index (χ1v) is 4.61. The predicted molar refractivity (Wildman–Crippen MR) is 54.0 cm³/mol. The molecule has 0 radical (unpaired) electrons. The molecule has 68 valence electrons. The molecule has 0 unspecified atom stereocenters. The topological polar surface area (TPSA) is 36.0 Å². The Labute approximate surface area is 77.2 Å². The van der Waals surface area contributed by atoms with Crippen LogP contribution in [0.15, 0.2) is 24.4 Å². The second kappa shape index (κ2) is 3.13. The average Bonchev–Trinajstić information content (AvgIpc) is 2.58. The van der Waals surface area contributed by atoms with Crippen molar-refractivity contribution in [3.05, 3.63) is 30.0 Å². The van der Waals surface area contributed by atoms with E-state index >= 15 is 0 Å². The number of aromatic hydroxyl groups is 1. The summed E-state index contributed by atoms with van der Waals surface area (Å²) in [5, 5.41) is 10.9. The number of rotatable bonds is 2. The van der Waals surface area contributed by atoms with Crippen molar-refractivity contribution < 1.29 is 5.11 Å². The lowest BCUT2D eigenvalue weighted by atomic mass is 10.1. The third-order valence-corrected chi connectivity index (χ3v) is 2.30. The quantitative estimate of drug-likeness (QED) is 0.723. The molecule has 0 saturated carbocycles. The van der Waals surface area contributed by atoms with Crippen molar-refractivity contribution in [2.45, 2.75) is 19.8 Å². The molecule has 0 saturated heterocycles. The molecule has 2 N–H and O–H groups in total. The standard InChI is InChI=1S/C11H13NO/c1-2-3-9-5-4-8-6-7-12-10(8)11(9)13/h4-7,12-13H,2-3H2,1H3. The molecule has 1 heterocycles. The summed E-state index contributed by atoms with van der Waals surface area (Å²) in [7, 11) is 0. The second-order valence-electron chi connectivity index (χ2n) is 3.27. The number of nitrogens with one attached hydrogen (secondary N) is 1. The Hall–Kier alpha value is -1.44. The molecule has 2 rings (SSSR count). The zero-order chi connectivity index (χ0) is 9.26. The number of hydrogen-bond donors (Lipinski definition) is 2. The summed E-state index contributed by atoms with van der Waals surface area (Å²) in [5.74, 6) is 0.407. The van der Waals surface area contributed by atoms with Gasteiger partial charge in [-0.15, -0.1) is 0 Å². The molecule has 2 aromatic rings. The molecule has 0 aliphatic rings. The predicted octanol–water partition coefficient (Wildman–Crippen LogP) is 2.83. The number of fused-ring (bicyclic) bond motifs is 1. The van der Waals surface area contributed by atoms with Crippen LogP contribution >= 0.6 is 0 Å². The zero-order valence-corrected chi connectivity index (χ0v) is 7.67. The van der Waals surface area contributed by atoms with Crippen LogP contribution in [0.1, 0.15) is 18.9 Å². The van der Waals surface area contributed by atoms with E-state index < -0.39 is 0 Å². The third-order valence-electron chi connectivity index (χ3n) is 2.30. The van der Waals surface area contributed by atoms with Crippen molar-refractivity contribution in [2.24, 2.45) is 0 Å². The van der Waals surface area contributed by atoms with Gasteiger partial charge in [0.15, 0.2) is 0 Å². The fourth-order valence-corrected chi connectivity index (χ4v) is 1.63. The van der Waals surface area contributed by atoms with Crippen LogP contribution in [0, 0.1) is 0 Å². The van der Waals surface area contributed by atoms with E-state index in [1.54, 1.807) is 0 Å². The first-order valence-electron chi connectivity index (χ1n) is 4.61. The van der Waals surface area contributed by atoms with Crippen molar-refractivity contribution >= 4 is 10.9 Å². The molecule has 0 amide bonds. The molecule has 0 aliphatic heterocycles. The van der Waals surface area contributed by atoms with E-state index in [1.807, 2.05) is 24.4 Å². The molecular weight excluding hydrogens is 162 g/mol. The second-order valence-corrected chi connectivity index (χ2v) is 3.27. The van der Waals surface area contributed by atoms with Crippen LogP contribution in [-0.4, -0.2) is 10.1 Å². The number of aryl methyl sites for hydroxylation is 1. The molecular formula is C11H13NO. The third kappa shape index (κ3) is 1.28. The maximum atomic E-state index is 9.84. The molecule has 2 heteroatoms. The first kappa shape index (κ1) is 8.17. The highest BCUT2D eigenvalue weighted by Gasteiger charge is 2.05. The van der Waals surface area contributed by atoms with Gasteiger partial charge >= 0.3 is 0 Å². The molecule has 0 fully saturated rings. The highest BCUT2D eigenvalue weighted by Crippen LogP contribution is 2.27. The van der Waals surface area contributed by atoms with Crippen molar-refractivity contribution in [2.75, 3.05) is 0 Å². The average molecular weight is 175 g/mol. The van der Waals surface area contributed by atoms with Crippen LogP contribution in [0.2, 0.25) is 0 Å². The minimum absolute atomic E-state index is 0.407. The van der Waals surface area contributed by atoms with Gasteiger partial charge in [-0.25, -0.2) is 0 Å².